The lowest BCUT2D eigenvalue weighted by Crippen LogP contribution is -2.36. The maximum Gasteiger partial charge on any atom is 0.248 e. The molecule has 0 saturated carbocycles. The number of hydrogen-bond donors (Lipinski definition) is 1. The Morgan fingerprint density at radius 2 is 1.87 bits per heavy atom. The molecule has 1 saturated heterocycles. The Labute approximate surface area is 191 Å². The van der Waals surface area contributed by atoms with Crippen LogP contribution in [0.4, 0.5) is 11.4 Å². The van der Waals surface area contributed by atoms with E-state index >= 15 is 0 Å². The Morgan fingerprint density at radius 1 is 1.06 bits per heavy atom. The molecule has 0 radical (unpaired) electrons. The number of hydrogen-bond acceptors (Lipinski definition) is 4. The van der Waals surface area contributed by atoms with E-state index in [4.69, 9.17) is 32.4 Å². The van der Waals surface area contributed by atoms with Crippen LogP contribution < -0.4 is 10.2 Å². The number of benzene rings is 2. The van der Waals surface area contributed by atoms with Crippen LogP contribution in [-0.2, 0) is 9.53 Å². The number of rotatable bonds is 5. The SMILES string of the molecule is Cc1ccc(-c2ccc(/C=C/C(=O)Nc3cc(Cl)ccc3N3CCOCC3)o2)cc1Cl. The fraction of sp³-hybridized carbons (Fsp3) is 0.208. The van der Waals surface area contributed by atoms with E-state index in [-0.39, 0.29) is 5.91 Å². The van der Waals surface area contributed by atoms with Crippen molar-refractivity contribution in [2.75, 3.05) is 36.5 Å². The highest BCUT2D eigenvalue weighted by molar-refractivity contribution is 6.31. The van der Waals surface area contributed by atoms with E-state index in [1.807, 2.05) is 49.4 Å². The minimum Gasteiger partial charge on any atom is -0.457 e. The molecule has 3 aromatic rings. The van der Waals surface area contributed by atoms with E-state index in [2.05, 4.69) is 10.2 Å². The van der Waals surface area contributed by atoms with Gasteiger partial charge in [-0.05, 0) is 55.0 Å². The fourth-order valence-corrected chi connectivity index (χ4v) is 3.72. The van der Waals surface area contributed by atoms with Gasteiger partial charge in [-0.1, -0.05) is 35.3 Å². The number of carbonyl (C=O) groups is 1. The van der Waals surface area contributed by atoms with Crippen LogP contribution >= 0.6 is 23.2 Å². The summed E-state index contributed by atoms with van der Waals surface area (Å²) in [7, 11) is 0. The molecular formula is C24H22Cl2N2O3. The smallest absolute Gasteiger partial charge is 0.248 e. The van der Waals surface area contributed by atoms with Crippen molar-refractivity contribution in [1.29, 1.82) is 0 Å². The molecule has 160 valence electrons. The predicted octanol–water partition coefficient (Wildman–Crippen LogP) is 6.05. The third-order valence-corrected chi connectivity index (χ3v) is 5.69. The third kappa shape index (κ3) is 5.31. The van der Waals surface area contributed by atoms with Crippen LogP contribution in [0.5, 0.6) is 0 Å². The first-order chi connectivity index (χ1) is 15.0. The van der Waals surface area contributed by atoms with Crippen molar-refractivity contribution in [3.63, 3.8) is 0 Å². The van der Waals surface area contributed by atoms with Gasteiger partial charge < -0.3 is 19.4 Å². The van der Waals surface area contributed by atoms with Gasteiger partial charge in [-0.15, -0.1) is 0 Å². The second-order valence-corrected chi connectivity index (χ2v) is 8.09. The highest BCUT2D eigenvalue weighted by atomic mass is 35.5. The summed E-state index contributed by atoms with van der Waals surface area (Å²) in [5, 5.41) is 4.16. The number of nitrogens with one attached hydrogen (secondary N) is 1. The molecule has 1 aliphatic heterocycles. The topological polar surface area (TPSA) is 54.7 Å². The van der Waals surface area contributed by atoms with Gasteiger partial charge in [-0.25, -0.2) is 0 Å². The molecular weight excluding hydrogens is 435 g/mol. The van der Waals surface area contributed by atoms with Crippen molar-refractivity contribution < 1.29 is 13.9 Å². The number of furan rings is 1. The van der Waals surface area contributed by atoms with Crippen LogP contribution in [0.25, 0.3) is 17.4 Å². The van der Waals surface area contributed by atoms with E-state index < -0.39 is 0 Å². The lowest BCUT2D eigenvalue weighted by Gasteiger charge is -2.30. The van der Waals surface area contributed by atoms with Crippen molar-refractivity contribution in [2.45, 2.75) is 6.92 Å². The lowest BCUT2D eigenvalue weighted by atomic mass is 10.1. The number of halogens is 2. The first-order valence-corrected chi connectivity index (χ1v) is 10.7. The summed E-state index contributed by atoms with van der Waals surface area (Å²) in [6, 6.07) is 14.9. The Balaban J connectivity index is 1.46. The minimum absolute atomic E-state index is 0.270. The molecule has 0 unspecified atom stereocenters. The standard InChI is InChI=1S/C24H22Cl2N2O3/c1-16-2-3-17(14-20(16)26)23-8-5-19(31-23)6-9-24(29)27-21-15-18(25)4-7-22(21)28-10-12-30-13-11-28/h2-9,14-15H,10-13H2,1H3,(H,27,29)/b9-6+. The van der Waals surface area contributed by atoms with Gasteiger partial charge in [0.2, 0.25) is 5.91 Å². The third-order valence-electron chi connectivity index (χ3n) is 5.05. The maximum atomic E-state index is 12.5. The van der Waals surface area contributed by atoms with E-state index in [9.17, 15) is 4.79 Å². The van der Waals surface area contributed by atoms with Crippen LogP contribution in [-0.4, -0.2) is 32.2 Å². The van der Waals surface area contributed by atoms with Crippen molar-refractivity contribution in [1.82, 2.24) is 0 Å². The monoisotopic (exact) mass is 456 g/mol. The largest absolute Gasteiger partial charge is 0.457 e. The second-order valence-electron chi connectivity index (χ2n) is 7.25. The number of aryl methyl sites for hydroxylation is 1. The van der Waals surface area contributed by atoms with E-state index in [0.29, 0.717) is 40.5 Å². The van der Waals surface area contributed by atoms with E-state index in [1.165, 1.54) is 6.08 Å². The van der Waals surface area contributed by atoms with Crippen LogP contribution in [0.2, 0.25) is 10.0 Å². The Kier molecular flexibility index (Phi) is 6.66. The molecule has 0 aliphatic carbocycles. The first-order valence-electron chi connectivity index (χ1n) is 9.97. The Bertz CT molecular complexity index is 1120. The molecule has 0 bridgehead atoms. The second kappa shape index (κ2) is 9.60. The molecule has 2 heterocycles. The van der Waals surface area contributed by atoms with Gasteiger partial charge in [-0.3, -0.25) is 4.79 Å². The van der Waals surface area contributed by atoms with Gasteiger partial charge >= 0.3 is 0 Å². The quantitative estimate of drug-likeness (QED) is 0.474. The molecule has 1 aromatic heterocycles. The van der Waals surface area contributed by atoms with Crippen molar-refractivity contribution in [3.05, 3.63) is 76.0 Å². The zero-order chi connectivity index (χ0) is 21.8. The highest BCUT2D eigenvalue weighted by Crippen LogP contribution is 2.30. The summed E-state index contributed by atoms with van der Waals surface area (Å²) in [6.45, 7) is 4.79. The summed E-state index contributed by atoms with van der Waals surface area (Å²) < 4.78 is 11.3. The number of ether oxygens (including phenoxy) is 1. The van der Waals surface area contributed by atoms with Gasteiger partial charge in [0.1, 0.15) is 11.5 Å². The molecule has 7 heteroatoms. The summed E-state index contributed by atoms with van der Waals surface area (Å²) in [4.78, 5) is 14.7. The fourth-order valence-electron chi connectivity index (χ4n) is 3.36. The molecule has 1 fully saturated rings. The molecule has 1 amide bonds. The predicted molar refractivity (Wildman–Crippen MR) is 126 cm³/mol. The van der Waals surface area contributed by atoms with Gasteiger partial charge in [0, 0.05) is 34.8 Å². The molecule has 1 aliphatic rings. The Hall–Kier alpha value is -2.73. The van der Waals surface area contributed by atoms with E-state index in [1.54, 1.807) is 12.1 Å². The number of anilines is 2. The minimum atomic E-state index is -0.270. The van der Waals surface area contributed by atoms with Crippen molar-refractivity contribution in [2.24, 2.45) is 0 Å². The van der Waals surface area contributed by atoms with Crippen molar-refractivity contribution in [3.8, 4) is 11.3 Å². The highest BCUT2D eigenvalue weighted by Gasteiger charge is 2.16. The average Bonchev–Trinajstić information content (AvgIpc) is 3.24. The average molecular weight is 457 g/mol. The van der Waals surface area contributed by atoms with Gasteiger partial charge in [0.05, 0.1) is 24.6 Å². The number of carbonyl (C=O) groups excluding carboxylic acids is 1. The number of amides is 1. The van der Waals surface area contributed by atoms with E-state index in [0.717, 1.165) is 29.9 Å². The maximum absolute atomic E-state index is 12.5. The normalized spacial score (nSPS) is 14.2. The van der Waals surface area contributed by atoms with Crippen LogP contribution in [0.1, 0.15) is 11.3 Å². The number of nitrogens with zero attached hydrogens (tertiary/aromatic N) is 1. The van der Waals surface area contributed by atoms with Crippen LogP contribution in [0, 0.1) is 6.92 Å². The van der Waals surface area contributed by atoms with Gasteiger partial charge in [0.25, 0.3) is 0 Å². The molecule has 0 atom stereocenters. The molecule has 0 spiro atoms. The lowest BCUT2D eigenvalue weighted by molar-refractivity contribution is -0.111. The molecule has 5 nitrogen and oxygen atoms in total. The molecule has 31 heavy (non-hydrogen) atoms. The van der Waals surface area contributed by atoms with Gasteiger partial charge in [0.15, 0.2) is 0 Å². The number of morpholine rings is 1. The zero-order valence-electron chi connectivity index (χ0n) is 17.0. The summed E-state index contributed by atoms with van der Waals surface area (Å²) >= 11 is 12.4. The molecule has 2 aromatic carbocycles. The summed E-state index contributed by atoms with van der Waals surface area (Å²) in [5.74, 6) is 0.987. The van der Waals surface area contributed by atoms with Crippen LogP contribution in [0.15, 0.2) is 59.0 Å². The summed E-state index contributed by atoms with van der Waals surface area (Å²) in [6.07, 6.45) is 3.07. The van der Waals surface area contributed by atoms with Crippen LogP contribution in [0.3, 0.4) is 0 Å². The molecule has 1 N–H and O–H groups in total. The zero-order valence-corrected chi connectivity index (χ0v) is 18.5. The molecule has 4 rings (SSSR count). The first kappa shape index (κ1) is 21.5. The summed E-state index contributed by atoms with van der Waals surface area (Å²) in [5.41, 5.74) is 3.48. The van der Waals surface area contributed by atoms with Gasteiger partial charge in [-0.2, -0.15) is 0 Å². The Morgan fingerprint density at radius 3 is 2.65 bits per heavy atom. The van der Waals surface area contributed by atoms with Crippen molar-refractivity contribution >= 4 is 46.6 Å².